The van der Waals surface area contributed by atoms with Crippen LogP contribution in [0, 0.1) is 6.92 Å². The minimum absolute atomic E-state index is 0.0442. The number of rotatable bonds is 3. The summed E-state index contributed by atoms with van der Waals surface area (Å²) in [6.07, 6.45) is 5.35. The minimum Gasteiger partial charge on any atom is -0.347 e. The van der Waals surface area contributed by atoms with E-state index in [1.165, 1.54) is 24.2 Å². The van der Waals surface area contributed by atoms with E-state index in [2.05, 4.69) is 15.6 Å². The maximum absolute atomic E-state index is 12.4. The summed E-state index contributed by atoms with van der Waals surface area (Å²) < 4.78 is 0. The molecule has 2 bridgehead atoms. The standard InChI is InChI=1S/C17H19N3OS/c1-10-2-4-13(18-9-10)15-6-7-16(22-15)17(21)20-14-8-11-3-5-12(14)19-11/h2,4,6-7,9,11-12,14,19H,3,5,8H2,1H3,(H,20,21). The maximum Gasteiger partial charge on any atom is 0.261 e. The number of amides is 1. The summed E-state index contributed by atoms with van der Waals surface area (Å²) in [5, 5.41) is 6.74. The van der Waals surface area contributed by atoms with Crippen LogP contribution in [0.15, 0.2) is 30.5 Å². The Hall–Kier alpha value is -1.72. The molecule has 2 fully saturated rings. The molecule has 1 amide bonds. The fraction of sp³-hybridized carbons (Fsp3) is 0.412. The monoisotopic (exact) mass is 313 g/mol. The lowest BCUT2D eigenvalue weighted by atomic mass is 9.95. The molecule has 4 rings (SSSR count). The number of fused-ring (bicyclic) bond motifs is 2. The van der Waals surface area contributed by atoms with Gasteiger partial charge in [-0.05, 0) is 49.9 Å². The third kappa shape index (κ3) is 2.55. The van der Waals surface area contributed by atoms with Gasteiger partial charge in [0.05, 0.1) is 15.4 Å². The molecule has 0 radical (unpaired) electrons. The van der Waals surface area contributed by atoms with Gasteiger partial charge in [-0.15, -0.1) is 11.3 Å². The number of aromatic nitrogens is 1. The fourth-order valence-corrected chi connectivity index (χ4v) is 4.32. The van der Waals surface area contributed by atoms with E-state index < -0.39 is 0 Å². The lowest BCUT2D eigenvalue weighted by Crippen LogP contribution is -2.42. The number of nitrogens with one attached hydrogen (secondary N) is 2. The number of pyridine rings is 1. The van der Waals surface area contributed by atoms with Crippen LogP contribution in [0.3, 0.4) is 0 Å². The first-order valence-electron chi connectivity index (χ1n) is 7.79. The van der Waals surface area contributed by atoms with E-state index in [9.17, 15) is 4.79 Å². The summed E-state index contributed by atoms with van der Waals surface area (Å²) in [5.74, 6) is 0.0442. The lowest BCUT2D eigenvalue weighted by Gasteiger charge is -2.20. The zero-order chi connectivity index (χ0) is 15.1. The van der Waals surface area contributed by atoms with Gasteiger partial charge in [-0.1, -0.05) is 6.07 Å². The van der Waals surface area contributed by atoms with Gasteiger partial charge in [0, 0.05) is 24.3 Å². The molecule has 2 aliphatic rings. The smallest absolute Gasteiger partial charge is 0.261 e. The van der Waals surface area contributed by atoms with E-state index in [-0.39, 0.29) is 11.9 Å². The Morgan fingerprint density at radius 1 is 1.32 bits per heavy atom. The molecule has 2 saturated heterocycles. The lowest BCUT2D eigenvalue weighted by molar-refractivity contribution is 0.0935. The Balaban J connectivity index is 1.46. The van der Waals surface area contributed by atoms with E-state index in [1.807, 2.05) is 37.4 Å². The quantitative estimate of drug-likeness (QED) is 0.916. The molecule has 0 saturated carbocycles. The van der Waals surface area contributed by atoms with Crippen molar-refractivity contribution < 1.29 is 4.79 Å². The van der Waals surface area contributed by atoms with Crippen molar-refractivity contribution in [1.82, 2.24) is 15.6 Å². The van der Waals surface area contributed by atoms with Crippen molar-refractivity contribution in [1.29, 1.82) is 0 Å². The van der Waals surface area contributed by atoms with Gasteiger partial charge in [0.1, 0.15) is 0 Å². The van der Waals surface area contributed by atoms with Crippen molar-refractivity contribution in [2.24, 2.45) is 0 Å². The molecule has 5 heteroatoms. The van der Waals surface area contributed by atoms with Crippen molar-refractivity contribution >= 4 is 17.2 Å². The molecule has 2 aromatic heterocycles. The first-order valence-corrected chi connectivity index (χ1v) is 8.60. The largest absolute Gasteiger partial charge is 0.347 e. The highest BCUT2D eigenvalue weighted by Crippen LogP contribution is 2.30. The van der Waals surface area contributed by atoms with Gasteiger partial charge in [0.2, 0.25) is 0 Å². The zero-order valence-electron chi connectivity index (χ0n) is 12.5. The van der Waals surface area contributed by atoms with Gasteiger partial charge in [-0.2, -0.15) is 0 Å². The summed E-state index contributed by atoms with van der Waals surface area (Å²) in [5.41, 5.74) is 2.07. The number of carbonyl (C=O) groups excluding carboxylic acids is 1. The summed E-state index contributed by atoms with van der Waals surface area (Å²) >= 11 is 1.51. The second-order valence-corrected chi connectivity index (χ2v) is 7.33. The minimum atomic E-state index is 0.0442. The predicted molar refractivity (Wildman–Crippen MR) is 88.1 cm³/mol. The molecule has 114 valence electrons. The first kappa shape index (κ1) is 13.9. The Labute approximate surface area is 134 Å². The molecular formula is C17H19N3OS. The molecular weight excluding hydrogens is 294 g/mol. The highest BCUT2D eigenvalue weighted by molar-refractivity contribution is 7.17. The van der Waals surface area contributed by atoms with E-state index >= 15 is 0 Å². The van der Waals surface area contributed by atoms with Crippen LogP contribution in [0.5, 0.6) is 0 Å². The van der Waals surface area contributed by atoms with E-state index in [1.54, 1.807) is 0 Å². The third-order valence-corrected chi connectivity index (χ3v) is 5.72. The molecule has 22 heavy (non-hydrogen) atoms. The number of carbonyl (C=O) groups is 1. The second-order valence-electron chi connectivity index (χ2n) is 6.25. The van der Waals surface area contributed by atoms with Crippen LogP contribution in [0.4, 0.5) is 0 Å². The topological polar surface area (TPSA) is 54.0 Å². The van der Waals surface area contributed by atoms with Crippen molar-refractivity contribution in [3.63, 3.8) is 0 Å². The van der Waals surface area contributed by atoms with Crippen LogP contribution in [0.1, 0.15) is 34.5 Å². The van der Waals surface area contributed by atoms with Gasteiger partial charge in [-0.25, -0.2) is 0 Å². The Morgan fingerprint density at radius 2 is 2.23 bits per heavy atom. The Kier molecular flexibility index (Phi) is 3.47. The van der Waals surface area contributed by atoms with Crippen LogP contribution in [-0.4, -0.2) is 29.0 Å². The summed E-state index contributed by atoms with van der Waals surface area (Å²) in [7, 11) is 0. The average molecular weight is 313 g/mol. The van der Waals surface area contributed by atoms with Gasteiger partial charge >= 0.3 is 0 Å². The van der Waals surface area contributed by atoms with Gasteiger partial charge in [0.15, 0.2) is 0 Å². The molecule has 3 unspecified atom stereocenters. The first-order chi connectivity index (χ1) is 10.7. The van der Waals surface area contributed by atoms with Crippen LogP contribution in [0.2, 0.25) is 0 Å². The number of thiophene rings is 1. The number of nitrogens with zero attached hydrogens (tertiary/aromatic N) is 1. The SMILES string of the molecule is Cc1ccc(-c2ccc(C(=O)NC3CC4CCC3N4)s2)nc1. The van der Waals surface area contributed by atoms with E-state index in [0.29, 0.717) is 12.1 Å². The van der Waals surface area contributed by atoms with Crippen molar-refractivity contribution in [3.05, 3.63) is 40.9 Å². The highest BCUT2D eigenvalue weighted by atomic mass is 32.1. The number of hydrogen-bond donors (Lipinski definition) is 2. The van der Waals surface area contributed by atoms with Gasteiger partial charge in [-0.3, -0.25) is 9.78 Å². The molecule has 2 aromatic rings. The second kappa shape index (κ2) is 5.48. The highest BCUT2D eigenvalue weighted by Gasteiger charge is 2.39. The average Bonchev–Trinajstić information content (AvgIpc) is 3.24. The van der Waals surface area contributed by atoms with Gasteiger partial charge < -0.3 is 10.6 Å². The molecule has 2 N–H and O–H groups in total. The molecule has 4 nitrogen and oxygen atoms in total. The molecule has 3 atom stereocenters. The van der Waals surface area contributed by atoms with Crippen LogP contribution in [0.25, 0.3) is 10.6 Å². The van der Waals surface area contributed by atoms with E-state index in [4.69, 9.17) is 0 Å². The Morgan fingerprint density at radius 3 is 2.91 bits per heavy atom. The van der Waals surface area contributed by atoms with Crippen molar-refractivity contribution in [3.8, 4) is 10.6 Å². The van der Waals surface area contributed by atoms with Crippen LogP contribution >= 0.6 is 11.3 Å². The summed E-state index contributed by atoms with van der Waals surface area (Å²) in [4.78, 5) is 18.7. The molecule has 2 aliphatic heterocycles. The number of hydrogen-bond acceptors (Lipinski definition) is 4. The fourth-order valence-electron chi connectivity index (χ4n) is 3.43. The molecule has 0 aliphatic carbocycles. The maximum atomic E-state index is 12.4. The van der Waals surface area contributed by atoms with Crippen LogP contribution < -0.4 is 10.6 Å². The van der Waals surface area contributed by atoms with E-state index in [0.717, 1.165) is 27.4 Å². The predicted octanol–water partition coefficient (Wildman–Crippen LogP) is 2.74. The Bertz CT molecular complexity index is 694. The number of aryl methyl sites for hydroxylation is 1. The molecule has 0 spiro atoms. The summed E-state index contributed by atoms with van der Waals surface area (Å²) in [6, 6.07) is 9.28. The zero-order valence-corrected chi connectivity index (χ0v) is 13.3. The summed E-state index contributed by atoms with van der Waals surface area (Å²) in [6.45, 7) is 2.02. The molecule has 4 heterocycles. The normalized spacial score (nSPS) is 26.3. The third-order valence-electron chi connectivity index (χ3n) is 4.61. The molecule has 0 aromatic carbocycles. The van der Waals surface area contributed by atoms with Crippen molar-refractivity contribution in [2.75, 3.05) is 0 Å². The van der Waals surface area contributed by atoms with Gasteiger partial charge in [0.25, 0.3) is 5.91 Å². The van der Waals surface area contributed by atoms with Crippen molar-refractivity contribution in [2.45, 2.75) is 44.3 Å². The van der Waals surface area contributed by atoms with Crippen LogP contribution in [-0.2, 0) is 0 Å².